The fraction of sp³-hybridized carbons (Fsp3) is 0.400. The molecule has 1 aromatic carbocycles. The van der Waals surface area contributed by atoms with Crippen molar-refractivity contribution in [2.75, 3.05) is 13.2 Å². The molecule has 6 heteroatoms. The quantitative estimate of drug-likeness (QED) is 0.516. The highest BCUT2D eigenvalue weighted by Gasteiger charge is 2.20. The first-order chi connectivity index (χ1) is 10.3. The van der Waals surface area contributed by atoms with E-state index < -0.39 is 0 Å². The summed E-state index contributed by atoms with van der Waals surface area (Å²) in [6, 6.07) is 7.95. The summed E-state index contributed by atoms with van der Waals surface area (Å²) in [5.41, 5.74) is 3.14. The van der Waals surface area contributed by atoms with Crippen LogP contribution in [0.5, 0.6) is 0 Å². The van der Waals surface area contributed by atoms with E-state index in [4.69, 9.17) is 15.3 Å². The van der Waals surface area contributed by atoms with E-state index in [2.05, 4.69) is 5.43 Å². The summed E-state index contributed by atoms with van der Waals surface area (Å²) in [7, 11) is 0. The second-order valence-electron chi connectivity index (χ2n) is 5.00. The van der Waals surface area contributed by atoms with Crippen molar-refractivity contribution in [2.45, 2.75) is 25.6 Å². The zero-order valence-electron chi connectivity index (χ0n) is 11.6. The van der Waals surface area contributed by atoms with E-state index in [-0.39, 0.29) is 12.0 Å². The van der Waals surface area contributed by atoms with Crippen LogP contribution < -0.4 is 11.3 Å². The highest BCUT2D eigenvalue weighted by molar-refractivity contribution is 7.21. The van der Waals surface area contributed by atoms with Gasteiger partial charge in [-0.1, -0.05) is 18.2 Å². The summed E-state index contributed by atoms with van der Waals surface area (Å²) in [4.78, 5) is 12.6. The molecule has 1 fully saturated rings. The van der Waals surface area contributed by atoms with Crippen molar-refractivity contribution in [1.29, 1.82) is 0 Å². The zero-order chi connectivity index (χ0) is 14.7. The fourth-order valence-electron chi connectivity index (χ4n) is 2.53. The molecule has 112 valence electrons. The number of nitrogen functional groups attached to an aromatic ring is 1. The molecule has 1 aliphatic heterocycles. The van der Waals surface area contributed by atoms with Gasteiger partial charge in [-0.2, -0.15) is 0 Å². The van der Waals surface area contributed by atoms with Crippen LogP contribution in [-0.2, 0) is 16.1 Å². The molecule has 3 rings (SSSR count). The number of fused-ring (bicyclic) bond motifs is 1. The lowest BCUT2D eigenvalue weighted by Crippen LogP contribution is -2.30. The van der Waals surface area contributed by atoms with Crippen LogP contribution in [0.1, 0.15) is 28.1 Å². The Morgan fingerprint density at radius 3 is 2.90 bits per heavy atom. The molecule has 1 aromatic heterocycles. The molecule has 5 nitrogen and oxygen atoms in total. The van der Waals surface area contributed by atoms with Crippen molar-refractivity contribution < 1.29 is 14.3 Å². The number of ether oxygens (including phenoxy) is 2. The first-order valence-electron chi connectivity index (χ1n) is 7.00. The largest absolute Gasteiger partial charge is 0.381 e. The molecule has 3 N–H and O–H groups in total. The SMILES string of the molecule is NNC(=O)c1sc2ccccc2c1COC1CCOCC1. The maximum absolute atomic E-state index is 12.0. The van der Waals surface area contributed by atoms with Crippen LogP contribution in [0.15, 0.2) is 24.3 Å². The summed E-state index contributed by atoms with van der Waals surface area (Å²) < 4.78 is 12.4. The Balaban J connectivity index is 1.85. The van der Waals surface area contributed by atoms with Gasteiger partial charge in [0.05, 0.1) is 17.6 Å². The van der Waals surface area contributed by atoms with Crippen molar-refractivity contribution >= 4 is 27.3 Å². The van der Waals surface area contributed by atoms with Gasteiger partial charge in [0.2, 0.25) is 0 Å². The van der Waals surface area contributed by atoms with Crippen molar-refractivity contribution in [2.24, 2.45) is 5.84 Å². The number of rotatable bonds is 4. The molecule has 0 bridgehead atoms. The van der Waals surface area contributed by atoms with Crippen LogP contribution in [-0.4, -0.2) is 25.2 Å². The van der Waals surface area contributed by atoms with Crippen LogP contribution in [0.4, 0.5) is 0 Å². The summed E-state index contributed by atoms with van der Waals surface area (Å²) in [5, 5.41) is 1.06. The standard InChI is InChI=1S/C15H18N2O3S/c16-17-15(18)14-12(9-20-10-5-7-19-8-6-10)11-3-1-2-4-13(11)21-14/h1-4,10H,5-9,16H2,(H,17,18). The average Bonchev–Trinajstić information content (AvgIpc) is 2.92. The van der Waals surface area contributed by atoms with Gasteiger partial charge < -0.3 is 9.47 Å². The Morgan fingerprint density at radius 1 is 1.38 bits per heavy atom. The number of hydrazine groups is 1. The average molecular weight is 306 g/mol. The van der Waals surface area contributed by atoms with Crippen LogP contribution in [0, 0.1) is 0 Å². The highest BCUT2D eigenvalue weighted by Crippen LogP contribution is 2.32. The number of nitrogens with one attached hydrogen (secondary N) is 1. The van der Waals surface area contributed by atoms with Crippen LogP contribution in [0.3, 0.4) is 0 Å². The van der Waals surface area contributed by atoms with Crippen LogP contribution in [0.2, 0.25) is 0 Å². The highest BCUT2D eigenvalue weighted by atomic mass is 32.1. The Kier molecular flexibility index (Phi) is 4.50. The second kappa shape index (κ2) is 6.53. The first kappa shape index (κ1) is 14.5. The minimum Gasteiger partial charge on any atom is -0.381 e. The third-order valence-electron chi connectivity index (χ3n) is 3.67. The minimum absolute atomic E-state index is 0.200. The van der Waals surface area contributed by atoms with Gasteiger partial charge in [-0.25, -0.2) is 5.84 Å². The van der Waals surface area contributed by atoms with Crippen molar-refractivity contribution in [3.63, 3.8) is 0 Å². The molecule has 0 spiro atoms. The lowest BCUT2D eigenvalue weighted by Gasteiger charge is -2.22. The third kappa shape index (κ3) is 3.08. The Bertz CT molecular complexity index is 635. The number of thiophene rings is 1. The van der Waals surface area contributed by atoms with Gasteiger partial charge in [0.15, 0.2) is 0 Å². The molecule has 2 heterocycles. The number of nitrogens with two attached hydrogens (primary N) is 1. The van der Waals surface area contributed by atoms with Gasteiger partial charge in [-0.15, -0.1) is 11.3 Å². The fourth-order valence-corrected chi connectivity index (χ4v) is 3.65. The van der Waals surface area contributed by atoms with Crippen molar-refractivity contribution in [3.8, 4) is 0 Å². The normalized spacial score (nSPS) is 16.2. The summed E-state index contributed by atoms with van der Waals surface area (Å²) in [6.07, 6.45) is 2.01. The molecule has 0 atom stereocenters. The van der Waals surface area contributed by atoms with Gasteiger partial charge in [-0.05, 0) is 24.3 Å². The van der Waals surface area contributed by atoms with E-state index in [9.17, 15) is 4.79 Å². The smallest absolute Gasteiger partial charge is 0.275 e. The monoisotopic (exact) mass is 306 g/mol. The molecule has 2 aromatic rings. The summed E-state index contributed by atoms with van der Waals surface area (Å²) in [6.45, 7) is 1.91. The van der Waals surface area contributed by atoms with E-state index in [0.717, 1.165) is 41.7 Å². The Labute approximate surface area is 127 Å². The number of amides is 1. The topological polar surface area (TPSA) is 73.6 Å². The second-order valence-corrected chi connectivity index (χ2v) is 6.05. The number of carbonyl (C=O) groups excluding carboxylic acids is 1. The molecular formula is C15H18N2O3S. The minimum atomic E-state index is -0.262. The predicted octanol–water partition coefficient (Wildman–Crippen LogP) is 2.20. The van der Waals surface area contributed by atoms with E-state index in [1.807, 2.05) is 24.3 Å². The van der Waals surface area contributed by atoms with E-state index in [0.29, 0.717) is 11.5 Å². The van der Waals surface area contributed by atoms with E-state index >= 15 is 0 Å². The molecule has 1 amide bonds. The maximum Gasteiger partial charge on any atom is 0.275 e. The summed E-state index contributed by atoms with van der Waals surface area (Å²) in [5.74, 6) is 5.02. The maximum atomic E-state index is 12.0. The number of carbonyl (C=O) groups is 1. The van der Waals surface area contributed by atoms with Gasteiger partial charge in [-0.3, -0.25) is 10.2 Å². The third-order valence-corrected chi connectivity index (χ3v) is 4.88. The number of hydrogen-bond donors (Lipinski definition) is 2. The van der Waals surface area contributed by atoms with Gasteiger partial charge >= 0.3 is 0 Å². The number of hydrogen-bond acceptors (Lipinski definition) is 5. The van der Waals surface area contributed by atoms with Crippen LogP contribution in [0.25, 0.3) is 10.1 Å². The van der Waals surface area contributed by atoms with Gasteiger partial charge in [0.25, 0.3) is 5.91 Å². The first-order valence-corrected chi connectivity index (χ1v) is 7.82. The van der Waals surface area contributed by atoms with E-state index in [1.165, 1.54) is 11.3 Å². The molecule has 1 saturated heterocycles. The molecular weight excluding hydrogens is 288 g/mol. The molecule has 1 aliphatic rings. The summed E-state index contributed by atoms with van der Waals surface area (Å²) >= 11 is 1.45. The number of benzene rings is 1. The zero-order valence-corrected chi connectivity index (χ0v) is 12.4. The Hall–Kier alpha value is -1.47. The lowest BCUT2D eigenvalue weighted by molar-refractivity contribution is -0.0388. The van der Waals surface area contributed by atoms with Gasteiger partial charge in [0.1, 0.15) is 0 Å². The molecule has 0 radical (unpaired) electrons. The predicted molar refractivity (Wildman–Crippen MR) is 82.1 cm³/mol. The molecule has 21 heavy (non-hydrogen) atoms. The molecule has 0 unspecified atom stereocenters. The van der Waals surface area contributed by atoms with Crippen LogP contribution >= 0.6 is 11.3 Å². The Morgan fingerprint density at radius 2 is 2.14 bits per heavy atom. The van der Waals surface area contributed by atoms with Gasteiger partial charge in [0, 0.05) is 23.5 Å². The molecule has 0 aliphatic carbocycles. The lowest BCUT2D eigenvalue weighted by atomic mass is 10.1. The van der Waals surface area contributed by atoms with Crippen molar-refractivity contribution in [1.82, 2.24) is 5.43 Å². The molecule has 0 saturated carbocycles. The van der Waals surface area contributed by atoms with E-state index in [1.54, 1.807) is 0 Å². The van der Waals surface area contributed by atoms with Crippen molar-refractivity contribution in [3.05, 3.63) is 34.7 Å².